The third kappa shape index (κ3) is 3.80. The summed E-state index contributed by atoms with van der Waals surface area (Å²) < 4.78 is 26.8. The van der Waals surface area contributed by atoms with Crippen molar-refractivity contribution < 1.29 is 23.5 Å². The van der Waals surface area contributed by atoms with Crippen LogP contribution in [0.2, 0.25) is 10.0 Å². The second-order valence-corrected chi connectivity index (χ2v) is 7.64. The standard InChI is InChI=1S/C23H13Cl2F2NO3/c24-17-10-9-16(11-18(17)25)28-20(12-1-5-14(26)6-2-12)19(22(30)23(28)31)21(29)13-3-7-15(27)8-4-13/h1-11,20,29H/b21-19+. The number of anilines is 1. The van der Waals surface area contributed by atoms with Gasteiger partial charge in [0.05, 0.1) is 21.7 Å². The van der Waals surface area contributed by atoms with Gasteiger partial charge in [-0.15, -0.1) is 0 Å². The zero-order valence-electron chi connectivity index (χ0n) is 15.7. The first-order valence-corrected chi connectivity index (χ1v) is 9.81. The number of halogens is 4. The normalized spacial score (nSPS) is 17.9. The number of hydrogen-bond donors (Lipinski definition) is 1. The van der Waals surface area contributed by atoms with E-state index in [1.165, 1.54) is 54.6 Å². The van der Waals surface area contributed by atoms with E-state index in [-0.39, 0.29) is 26.9 Å². The highest BCUT2D eigenvalue weighted by Gasteiger charge is 2.47. The first kappa shape index (κ1) is 21.0. The average molecular weight is 460 g/mol. The summed E-state index contributed by atoms with van der Waals surface area (Å²) in [5.41, 5.74) is 0.592. The van der Waals surface area contributed by atoms with Gasteiger partial charge in [-0.3, -0.25) is 14.5 Å². The Bertz CT molecular complexity index is 1220. The maximum Gasteiger partial charge on any atom is 0.300 e. The molecule has 1 N–H and O–H groups in total. The summed E-state index contributed by atoms with van der Waals surface area (Å²) in [5, 5.41) is 11.3. The van der Waals surface area contributed by atoms with E-state index in [0.717, 1.165) is 17.0 Å². The second-order valence-electron chi connectivity index (χ2n) is 6.83. The van der Waals surface area contributed by atoms with Crippen LogP contribution in [-0.4, -0.2) is 16.8 Å². The highest BCUT2D eigenvalue weighted by molar-refractivity contribution is 6.52. The summed E-state index contributed by atoms with van der Waals surface area (Å²) in [7, 11) is 0. The quantitative estimate of drug-likeness (QED) is 0.301. The minimum Gasteiger partial charge on any atom is -0.507 e. The Hall–Kier alpha value is -3.22. The fourth-order valence-corrected chi connectivity index (χ4v) is 3.75. The van der Waals surface area contributed by atoms with Crippen LogP contribution in [0.5, 0.6) is 0 Å². The van der Waals surface area contributed by atoms with Crippen molar-refractivity contribution in [3.63, 3.8) is 0 Å². The number of carbonyl (C=O) groups excluding carboxylic acids is 2. The molecule has 0 aromatic heterocycles. The molecule has 0 saturated carbocycles. The largest absolute Gasteiger partial charge is 0.507 e. The van der Waals surface area contributed by atoms with Crippen LogP contribution in [0, 0.1) is 11.6 Å². The van der Waals surface area contributed by atoms with E-state index in [9.17, 15) is 23.5 Å². The van der Waals surface area contributed by atoms with Crippen LogP contribution in [0.1, 0.15) is 17.2 Å². The third-order valence-electron chi connectivity index (χ3n) is 4.93. The van der Waals surface area contributed by atoms with Crippen LogP contribution in [0.15, 0.2) is 72.3 Å². The van der Waals surface area contributed by atoms with Crippen molar-refractivity contribution >= 4 is 46.3 Å². The van der Waals surface area contributed by atoms with Gasteiger partial charge in [0.15, 0.2) is 0 Å². The van der Waals surface area contributed by atoms with E-state index >= 15 is 0 Å². The average Bonchev–Trinajstić information content (AvgIpc) is 3.01. The van der Waals surface area contributed by atoms with Gasteiger partial charge < -0.3 is 5.11 Å². The Morgan fingerprint density at radius 1 is 0.839 bits per heavy atom. The Morgan fingerprint density at radius 2 is 1.42 bits per heavy atom. The fraction of sp³-hybridized carbons (Fsp3) is 0.0435. The topological polar surface area (TPSA) is 57.6 Å². The van der Waals surface area contributed by atoms with Crippen molar-refractivity contribution in [2.24, 2.45) is 0 Å². The van der Waals surface area contributed by atoms with E-state index < -0.39 is 35.1 Å². The van der Waals surface area contributed by atoms with Gasteiger partial charge in [-0.2, -0.15) is 0 Å². The van der Waals surface area contributed by atoms with Crippen molar-refractivity contribution in [1.29, 1.82) is 0 Å². The molecule has 4 nitrogen and oxygen atoms in total. The molecule has 0 radical (unpaired) electrons. The highest BCUT2D eigenvalue weighted by atomic mass is 35.5. The van der Waals surface area contributed by atoms with Crippen LogP contribution in [0.25, 0.3) is 5.76 Å². The van der Waals surface area contributed by atoms with Gasteiger partial charge in [0.2, 0.25) is 0 Å². The Kier molecular flexibility index (Phi) is 5.52. The molecule has 1 aliphatic heterocycles. The fourth-order valence-electron chi connectivity index (χ4n) is 3.46. The second kappa shape index (κ2) is 8.13. The molecule has 4 rings (SSSR count). The van der Waals surface area contributed by atoms with Gasteiger partial charge in [0.1, 0.15) is 17.4 Å². The molecular weight excluding hydrogens is 447 g/mol. The number of ketones is 1. The maximum atomic E-state index is 13.5. The molecule has 1 atom stereocenters. The lowest BCUT2D eigenvalue weighted by atomic mass is 9.95. The predicted molar refractivity (Wildman–Crippen MR) is 114 cm³/mol. The lowest BCUT2D eigenvalue weighted by Gasteiger charge is -2.25. The van der Waals surface area contributed by atoms with Crippen LogP contribution >= 0.6 is 23.2 Å². The molecule has 1 aliphatic rings. The molecular formula is C23H13Cl2F2NO3. The van der Waals surface area contributed by atoms with E-state index in [4.69, 9.17) is 23.2 Å². The molecule has 3 aromatic rings. The van der Waals surface area contributed by atoms with E-state index in [1.54, 1.807) is 0 Å². The van der Waals surface area contributed by atoms with Crippen molar-refractivity contribution in [3.8, 4) is 0 Å². The molecule has 31 heavy (non-hydrogen) atoms. The van der Waals surface area contributed by atoms with Gasteiger partial charge in [0.25, 0.3) is 11.7 Å². The molecule has 1 unspecified atom stereocenters. The SMILES string of the molecule is O=C1C(=O)N(c2ccc(Cl)c(Cl)c2)C(c2ccc(F)cc2)/C1=C(\O)c1ccc(F)cc1. The number of carbonyl (C=O) groups is 2. The summed E-state index contributed by atoms with van der Waals surface area (Å²) in [4.78, 5) is 27.1. The predicted octanol–water partition coefficient (Wildman–Crippen LogP) is 5.90. The zero-order valence-corrected chi connectivity index (χ0v) is 17.2. The number of hydrogen-bond acceptors (Lipinski definition) is 3. The summed E-state index contributed by atoms with van der Waals surface area (Å²) in [6.07, 6.45) is 0. The van der Waals surface area contributed by atoms with Gasteiger partial charge in [-0.25, -0.2) is 8.78 Å². The number of rotatable bonds is 3. The molecule has 1 fully saturated rings. The molecule has 0 bridgehead atoms. The van der Waals surface area contributed by atoms with Crippen LogP contribution in [0.3, 0.4) is 0 Å². The van der Waals surface area contributed by atoms with Crippen LogP contribution in [0.4, 0.5) is 14.5 Å². The van der Waals surface area contributed by atoms with Gasteiger partial charge in [-0.05, 0) is 60.2 Å². The zero-order chi connectivity index (χ0) is 22.3. The minimum absolute atomic E-state index is 0.153. The highest BCUT2D eigenvalue weighted by Crippen LogP contribution is 2.43. The smallest absolute Gasteiger partial charge is 0.300 e. The summed E-state index contributed by atoms with van der Waals surface area (Å²) in [6, 6.07) is 13.3. The Morgan fingerprint density at radius 3 is 2.00 bits per heavy atom. The third-order valence-corrected chi connectivity index (χ3v) is 5.67. The lowest BCUT2D eigenvalue weighted by molar-refractivity contribution is -0.132. The van der Waals surface area contributed by atoms with E-state index in [1.807, 2.05) is 0 Å². The number of aliphatic hydroxyl groups is 1. The van der Waals surface area contributed by atoms with Crippen molar-refractivity contribution in [2.75, 3.05) is 4.90 Å². The Labute approximate surface area is 185 Å². The molecule has 0 spiro atoms. The summed E-state index contributed by atoms with van der Waals surface area (Å²) in [6.45, 7) is 0. The lowest BCUT2D eigenvalue weighted by Crippen LogP contribution is -2.29. The minimum atomic E-state index is -1.07. The van der Waals surface area contributed by atoms with E-state index in [0.29, 0.717) is 5.56 Å². The number of Topliss-reactive ketones (excluding diaryl/α,β-unsaturated/α-hetero) is 1. The molecule has 3 aromatic carbocycles. The van der Waals surface area contributed by atoms with Crippen molar-refractivity contribution in [2.45, 2.75) is 6.04 Å². The number of nitrogens with zero attached hydrogens (tertiary/aromatic N) is 1. The van der Waals surface area contributed by atoms with Gasteiger partial charge in [-0.1, -0.05) is 35.3 Å². The monoisotopic (exact) mass is 459 g/mol. The molecule has 1 saturated heterocycles. The van der Waals surface area contributed by atoms with Gasteiger partial charge >= 0.3 is 0 Å². The molecule has 8 heteroatoms. The molecule has 0 aliphatic carbocycles. The molecule has 156 valence electrons. The molecule has 1 amide bonds. The van der Waals surface area contributed by atoms with Crippen molar-refractivity contribution in [1.82, 2.24) is 0 Å². The maximum absolute atomic E-state index is 13.5. The first-order chi connectivity index (χ1) is 14.8. The van der Waals surface area contributed by atoms with Gasteiger partial charge in [0, 0.05) is 11.3 Å². The van der Waals surface area contributed by atoms with E-state index in [2.05, 4.69) is 0 Å². The molecule has 1 heterocycles. The number of amides is 1. The number of benzene rings is 3. The van der Waals surface area contributed by atoms with Crippen LogP contribution < -0.4 is 4.90 Å². The summed E-state index contributed by atoms with van der Waals surface area (Å²) >= 11 is 12.1. The number of aliphatic hydroxyl groups excluding tert-OH is 1. The first-order valence-electron chi connectivity index (χ1n) is 9.05. The van der Waals surface area contributed by atoms with Crippen LogP contribution in [-0.2, 0) is 9.59 Å². The summed E-state index contributed by atoms with van der Waals surface area (Å²) in [5.74, 6) is -3.36. The van der Waals surface area contributed by atoms with Crippen molar-refractivity contribution in [3.05, 3.63) is 105 Å². The Balaban J connectivity index is 1.95.